The van der Waals surface area contributed by atoms with E-state index in [4.69, 9.17) is 9.88 Å². The van der Waals surface area contributed by atoms with E-state index in [1.807, 2.05) is 19.9 Å². The number of carbonyl (C=O) groups is 1. The van der Waals surface area contributed by atoms with Crippen molar-refractivity contribution in [1.29, 1.82) is 0 Å². The van der Waals surface area contributed by atoms with Gasteiger partial charge >= 0.3 is 0 Å². The lowest BCUT2D eigenvalue weighted by Crippen LogP contribution is -2.25. The number of benzene rings is 2. The number of thioether (sulfide) groups is 1. The van der Waals surface area contributed by atoms with Gasteiger partial charge in [-0.2, -0.15) is 0 Å². The number of para-hydroxylation sites is 1. The highest BCUT2D eigenvalue weighted by Gasteiger charge is 2.14. The molecule has 0 saturated heterocycles. The third-order valence-corrected chi connectivity index (χ3v) is 6.51. The fourth-order valence-electron chi connectivity index (χ4n) is 3.05. The van der Waals surface area contributed by atoms with E-state index in [1.165, 1.54) is 24.3 Å². The van der Waals surface area contributed by atoms with Gasteiger partial charge in [-0.25, -0.2) is 18.5 Å². The van der Waals surface area contributed by atoms with E-state index >= 15 is 0 Å². The normalized spacial score (nSPS) is 11.8. The molecule has 3 aromatic rings. The van der Waals surface area contributed by atoms with Gasteiger partial charge in [-0.15, -0.1) is 0 Å². The summed E-state index contributed by atoms with van der Waals surface area (Å²) in [5, 5.41) is 8.75. The summed E-state index contributed by atoms with van der Waals surface area (Å²) < 4.78 is 29.8. The number of nitrogens with one attached hydrogen (secondary N) is 1. The molecular formula is C22H26N4O5S2. The highest BCUT2D eigenvalue weighted by Crippen LogP contribution is 2.19. The molecule has 2 aromatic carbocycles. The van der Waals surface area contributed by atoms with Crippen molar-refractivity contribution in [2.75, 3.05) is 17.7 Å². The van der Waals surface area contributed by atoms with Crippen LogP contribution in [0.15, 0.2) is 63.4 Å². The number of hydrogen-bond donors (Lipinski definition) is 2. The summed E-state index contributed by atoms with van der Waals surface area (Å²) in [5.74, 6) is -0.301. The molecule has 0 fully saturated rings. The average Bonchev–Trinajstić information content (AvgIpc) is 2.76. The van der Waals surface area contributed by atoms with Crippen LogP contribution in [0.1, 0.15) is 20.3 Å². The van der Waals surface area contributed by atoms with E-state index < -0.39 is 10.0 Å². The number of sulfonamides is 1. The number of amides is 1. The van der Waals surface area contributed by atoms with Gasteiger partial charge in [0.15, 0.2) is 5.16 Å². The summed E-state index contributed by atoms with van der Waals surface area (Å²) in [6.45, 7) is 4.83. The first-order chi connectivity index (χ1) is 15.6. The lowest BCUT2D eigenvalue weighted by molar-refractivity contribution is -0.113. The van der Waals surface area contributed by atoms with Crippen molar-refractivity contribution in [2.45, 2.75) is 43.0 Å². The Hall–Kier alpha value is -2.73. The number of aromatic nitrogens is 2. The van der Waals surface area contributed by atoms with Crippen LogP contribution in [0.25, 0.3) is 10.9 Å². The van der Waals surface area contributed by atoms with Crippen molar-refractivity contribution in [3.8, 4) is 0 Å². The van der Waals surface area contributed by atoms with Crippen LogP contribution in [0, 0.1) is 0 Å². The molecule has 3 rings (SSSR count). The summed E-state index contributed by atoms with van der Waals surface area (Å²) in [5.41, 5.74) is 0.841. The Morgan fingerprint density at radius 2 is 1.88 bits per heavy atom. The maximum absolute atomic E-state index is 13.0. The van der Waals surface area contributed by atoms with Crippen LogP contribution in [-0.4, -0.2) is 42.3 Å². The summed E-state index contributed by atoms with van der Waals surface area (Å²) in [7, 11) is -3.80. The Morgan fingerprint density at radius 1 is 1.18 bits per heavy atom. The highest BCUT2D eigenvalue weighted by molar-refractivity contribution is 7.99. The molecule has 9 nitrogen and oxygen atoms in total. The number of hydrogen-bond acceptors (Lipinski definition) is 7. The predicted molar refractivity (Wildman–Crippen MR) is 129 cm³/mol. The molecule has 0 bridgehead atoms. The molecule has 11 heteroatoms. The molecule has 0 aliphatic rings. The molecule has 0 atom stereocenters. The van der Waals surface area contributed by atoms with Gasteiger partial charge in [-0.05, 0) is 56.7 Å². The topological polar surface area (TPSA) is 133 Å². The molecule has 176 valence electrons. The maximum atomic E-state index is 13.0. The van der Waals surface area contributed by atoms with E-state index in [2.05, 4.69) is 10.3 Å². The number of fused-ring (bicyclic) bond motifs is 1. The molecule has 3 N–H and O–H groups in total. The molecule has 1 heterocycles. The summed E-state index contributed by atoms with van der Waals surface area (Å²) >= 11 is 1.16. The summed E-state index contributed by atoms with van der Waals surface area (Å²) in [4.78, 5) is 30.0. The fraction of sp³-hybridized carbons (Fsp3) is 0.318. The van der Waals surface area contributed by atoms with Crippen molar-refractivity contribution >= 4 is 44.3 Å². The quantitative estimate of drug-likeness (QED) is 0.253. The minimum atomic E-state index is -3.80. The van der Waals surface area contributed by atoms with Crippen LogP contribution in [0.4, 0.5) is 5.69 Å². The molecule has 33 heavy (non-hydrogen) atoms. The first-order valence-electron chi connectivity index (χ1n) is 10.3. The van der Waals surface area contributed by atoms with Crippen LogP contribution in [0.5, 0.6) is 0 Å². The molecule has 0 saturated carbocycles. The maximum Gasteiger partial charge on any atom is 0.262 e. The number of carbonyl (C=O) groups excluding carboxylic acids is 1. The van der Waals surface area contributed by atoms with Crippen molar-refractivity contribution < 1.29 is 17.9 Å². The van der Waals surface area contributed by atoms with Gasteiger partial charge in [0.05, 0.1) is 27.7 Å². The third-order valence-electron chi connectivity index (χ3n) is 4.60. The average molecular weight is 491 g/mol. The number of nitrogens with zero attached hydrogens (tertiary/aromatic N) is 2. The fourth-order valence-corrected chi connectivity index (χ4v) is 4.39. The Balaban J connectivity index is 1.73. The molecule has 0 aliphatic heterocycles. The minimum absolute atomic E-state index is 0.0181. The smallest absolute Gasteiger partial charge is 0.262 e. The number of nitrogens with two attached hydrogens (primary N) is 1. The molecule has 1 aromatic heterocycles. The number of primary sulfonamides is 1. The van der Waals surface area contributed by atoms with Crippen LogP contribution in [-0.2, 0) is 26.1 Å². The Morgan fingerprint density at radius 3 is 2.55 bits per heavy atom. The lowest BCUT2D eigenvalue weighted by Gasteiger charge is -2.14. The molecular weight excluding hydrogens is 464 g/mol. The Labute approximate surface area is 196 Å². The SMILES string of the molecule is CC(C)OCCCn1c(SCC(=O)Nc2ccc(S(N)(=O)=O)cc2)nc2ccccc2c1=O. The molecule has 0 radical (unpaired) electrons. The molecule has 0 unspecified atom stereocenters. The molecule has 1 amide bonds. The van der Waals surface area contributed by atoms with Crippen molar-refractivity contribution in [2.24, 2.45) is 5.14 Å². The number of ether oxygens (including phenoxy) is 1. The minimum Gasteiger partial charge on any atom is -0.379 e. The van der Waals surface area contributed by atoms with Crippen LogP contribution >= 0.6 is 11.8 Å². The zero-order chi connectivity index (χ0) is 24.0. The van der Waals surface area contributed by atoms with Crippen molar-refractivity contribution in [1.82, 2.24) is 9.55 Å². The van der Waals surface area contributed by atoms with Gasteiger partial charge in [-0.1, -0.05) is 23.9 Å². The van der Waals surface area contributed by atoms with E-state index in [-0.39, 0.29) is 28.2 Å². The monoisotopic (exact) mass is 490 g/mol. The number of anilines is 1. The largest absolute Gasteiger partial charge is 0.379 e. The van der Waals surface area contributed by atoms with Crippen molar-refractivity contribution in [3.63, 3.8) is 0 Å². The summed E-state index contributed by atoms with van der Waals surface area (Å²) in [6.07, 6.45) is 0.738. The highest BCUT2D eigenvalue weighted by atomic mass is 32.2. The van der Waals surface area contributed by atoms with Crippen molar-refractivity contribution in [3.05, 3.63) is 58.9 Å². The second-order valence-electron chi connectivity index (χ2n) is 7.55. The zero-order valence-corrected chi connectivity index (χ0v) is 20.0. The van der Waals surface area contributed by atoms with Gasteiger partial charge in [-0.3, -0.25) is 14.2 Å². The second kappa shape index (κ2) is 10.9. The standard InChI is InChI=1S/C22H26N4O5S2/c1-15(2)31-13-5-12-26-21(28)18-6-3-4-7-19(18)25-22(26)32-14-20(27)24-16-8-10-17(11-9-16)33(23,29)30/h3-4,6-11,15H,5,12-14H2,1-2H3,(H,24,27)(H2,23,29,30). The second-order valence-corrected chi connectivity index (χ2v) is 10.1. The molecule has 0 spiro atoms. The Kier molecular flexibility index (Phi) is 8.25. The van der Waals surface area contributed by atoms with E-state index in [9.17, 15) is 18.0 Å². The first-order valence-corrected chi connectivity index (χ1v) is 12.8. The van der Waals surface area contributed by atoms with Gasteiger partial charge in [0.1, 0.15) is 0 Å². The van der Waals surface area contributed by atoms with Gasteiger partial charge in [0, 0.05) is 18.8 Å². The predicted octanol–water partition coefficient (Wildman–Crippen LogP) is 2.59. The van der Waals surface area contributed by atoms with E-state index in [0.717, 1.165) is 11.8 Å². The van der Waals surface area contributed by atoms with E-state index in [1.54, 1.807) is 22.8 Å². The summed E-state index contributed by atoms with van der Waals surface area (Å²) in [6, 6.07) is 12.7. The Bertz CT molecular complexity index is 1290. The number of rotatable bonds is 10. The zero-order valence-electron chi connectivity index (χ0n) is 18.4. The van der Waals surface area contributed by atoms with Crippen LogP contribution < -0.4 is 16.0 Å². The molecule has 0 aliphatic carbocycles. The van der Waals surface area contributed by atoms with Crippen LogP contribution in [0.3, 0.4) is 0 Å². The third kappa shape index (κ3) is 6.87. The lowest BCUT2D eigenvalue weighted by atomic mass is 10.2. The van der Waals surface area contributed by atoms with Crippen LogP contribution in [0.2, 0.25) is 0 Å². The first kappa shape index (κ1) is 24.9. The van der Waals surface area contributed by atoms with Gasteiger partial charge < -0.3 is 10.1 Å². The van der Waals surface area contributed by atoms with Gasteiger partial charge in [0.2, 0.25) is 15.9 Å². The van der Waals surface area contributed by atoms with E-state index in [0.29, 0.717) is 41.3 Å². The van der Waals surface area contributed by atoms with Gasteiger partial charge in [0.25, 0.3) is 5.56 Å².